The van der Waals surface area contributed by atoms with Gasteiger partial charge < -0.3 is 19.5 Å². The number of alkyl halides is 2. The topological polar surface area (TPSA) is 110 Å². The lowest BCUT2D eigenvalue weighted by atomic mass is 10.1. The SMILES string of the molecule is CC(C)(C)OC(=O)Nc1noc2ccc(NC(=O)c3cc4ccccc4nc3N3CCCC(F)(F)CC3)cc12. The zero-order chi connectivity index (χ0) is 27.8. The van der Waals surface area contributed by atoms with Crippen molar-refractivity contribution in [3.8, 4) is 0 Å². The summed E-state index contributed by atoms with van der Waals surface area (Å²) >= 11 is 0. The molecular weight excluding hydrogens is 508 g/mol. The van der Waals surface area contributed by atoms with Gasteiger partial charge in [0.1, 0.15) is 11.4 Å². The number of nitrogens with zero attached hydrogens (tertiary/aromatic N) is 3. The Kier molecular flexibility index (Phi) is 6.83. The van der Waals surface area contributed by atoms with Crippen LogP contribution in [0.3, 0.4) is 0 Å². The van der Waals surface area contributed by atoms with Crippen LogP contribution in [-0.2, 0) is 4.74 Å². The van der Waals surface area contributed by atoms with Crippen molar-refractivity contribution in [2.75, 3.05) is 28.6 Å². The summed E-state index contributed by atoms with van der Waals surface area (Å²) in [6.45, 7) is 5.69. The molecule has 0 spiro atoms. The lowest BCUT2D eigenvalue weighted by Gasteiger charge is -2.24. The average molecular weight is 538 g/mol. The molecule has 0 atom stereocenters. The van der Waals surface area contributed by atoms with E-state index >= 15 is 0 Å². The van der Waals surface area contributed by atoms with Gasteiger partial charge in [0.25, 0.3) is 5.91 Å². The zero-order valence-electron chi connectivity index (χ0n) is 21.9. The summed E-state index contributed by atoms with van der Waals surface area (Å²) < 4.78 is 38.7. The van der Waals surface area contributed by atoms with Crippen LogP contribution in [0.2, 0.25) is 0 Å². The van der Waals surface area contributed by atoms with Crippen molar-refractivity contribution < 1.29 is 27.6 Å². The third-order valence-corrected chi connectivity index (χ3v) is 6.31. The van der Waals surface area contributed by atoms with Gasteiger partial charge in [0.05, 0.1) is 16.5 Å². The maximum Gasteiger partial charge on any atom is 0.413 e. The number of nitrogens with one attached hydrogen (secondary N) is 2. The third-order valence-electron chi connectivity index (χ3n) is 6.31. The second-order valence-corrected chi connectivity index (χ2v) is 10.6. The normalized spacial score (nSPS) is 15.7. The van der Waals surface area contributed by atoms with E-state index in [4.69, 9.17) is 14.2 Å². The van der Waals surface area contributed by atoms with E-state index in [-0.39, 0.29) is 30.8 Å². The largest absolute Gasteiger partial charge is 0.444 e. The number of benzene rings is 2. The molecular formula is C28H29F2N5O4. The van der Waals surface area contributed by atoms with Gasteiger partial charge in [0, 0.05) is 37.0 Å². The first-order valence-corrected chi connectivity index (χ1v) is 12.7. The molecule has 2 aromatic heterocycles. The van der Waals surface area contributed by atoms with Crippen molar-refractivity contribution in [3.05, 3.63) is 54.1 Å². The molecule has 0 saturated carbocycles. The quantitative estimate of drug-likeness (QED) is 0.302. The molecule has 11 heteroatoms. The lowest BCUT2D eigenvalue weighted by molar-refractivity contribution is -0.0102. The zero-order valence-corrected chi connectivity index (χ0v) is 21.9. The molecule has 1 saturated heterocycles. The van der Waals surface area contributed by atoms with Crippen LogP contribution >= 0.6 is 0 Å². The smallest absolute Gasteiger partial charge is 0.413 e. The second-order valence-electron chi connectivity index (χ2n) is 10.6. The molecule has 3 heterocycles. The average Bonchev–Trinajstić information content (AvgIpc) is 3.15. The summed E-state index contributed by atoms with van der Waals surface area (Å²) in [6, 6.07) is 14.0. The van der Waals surface area contributed by atoms with Gasteiger partial charge in [-0.25, -0.2) is 18.6 Å². The fourth-order valence-electron chi connectivity index (χ4n) is 4.49. The van der Waals surface area contributed by atoms with Gasteiger partial charge >= 0.3 is 6.09 Å². The molecule has 1 fully saturated rings. The van der Waals surface area contributed by atoms with Gasteiger partial charge in [-0.2, -0.15) is 0 Å². The molecule has 2 N–H and O–H groups in total. The highest BCUT2D eigenvalue weighted by Crippen LogP contribution is 2.33. The maximum absolute atomic E-state index is 14.1. The molecule has 9 nitrogen and oxygen atoms in total. The van der Waals surface area contributed by atoms with Crippen molar-refractivity contribution in [2.24, 2.45) is 0 Å². The molecule has 1 aliphatic rings. The predicted octanol–water partition coefficient (Wildman–Crippen LogP) is 6.60. The van der Waals surface area contributed by atoms with Crippen molar-refractivity contribution in [1.82, 2.24) is 10.1 Å². The van der Waals surface area contributed by atoms with Crippen molar-refractivity contribution in [2.45, 2.75) is 51.6 Å². The first kappa shape index (κ1) is 26.3. The monoisotopic (exact) mass is 537 g/mol. The molecule has 4 aromatic rings. The minimum Gasteiger partial charge on any atom is -0.444 e. The number of fused-ring (bicyclic) bond motifs is 2. The fraction of sp³-hybridized carbons (Fsp3) is 0.357. The summed E-state index contributed by atoms with van der Waals surface area (Å²) in [4.78, 5) is 32.3. The standard InChI is InChI=1S/C28H29F2N5O4/c1-27(2,3)38-26(37)33-23-19-16-18(9-10-22(19)39-34-23)31-25(36)20-15-17-7-4-5-8-21(17)32-24(20)35-13-6-11-28(29,30)12-14-35/h4-5,7-10,15-16H,6,11-14H2,1-3H3,(H,31,36)(H,33,34,37). The third kappa shape index (κ3) is 6.08. The minimum absolute atomic E-state index is 0.0883. The van der Waals surface area contributed by atoms with E-state index in [1.165, 1.54) is 0 Å². The maximum atomic E-state index is 14.1. The Hall–Kier alpha value is -4.28. The highest BCUT2D eigenvalue weighted by Gasteiger charge is 2.33. The van der Waals surface area contributed by atoms with Crippen molar-refractivity contribution in [1.29, 1.82) is 0 Å². The Bertz CT molecular complexity index is 1550. The summed E-state index contributed by atoms with van der Waals surface area (Å²) in [7, 11) is 0. The number of carbonyl (C=O) groups excluding carboxylic acids is 2. The van der Waals surface area contributed by atoms with Gasteiger partial charge in [-0.05, 0) is 57.5 Å². The molecule has 0 aliphatic carbocycles. The van der Waals surface area contributed by atoms with Crippen LogP contribution in [0.25, 0.3) is 21.9 Å². The first-order chi connectivity index (χ1) is 18.5. The predicted molar refractivity (Wildman–Crippen MR) is 145 cm³/mol. The van der Waals surface area contributed by atoms with E-state index in [1.54, 1.807) is 49.9 Å². The van der Waals surface area contributed by atoms with E-state index in [0.717, 1.165) is 5.39 Å². The number of halogens is 2. The summed E-state index contributed by atoms with van der Waals surface area (Å²) in [5, 5.41) is 10.5. The summed E-state index contributed by atoms with van der Waals surface area (Å²) in [5.74, 6) is -2.68. The number of rotatable bonds is 4. The number of para-hydroxylation sites is 1. The van der Waals surface area contributed by atoms with Crippen LogP contribution < -0.4 is 15.5 Å². The molecule has 0 radical (unpaired) electrons. The number of hydrogen-bond donors (Lipinski definition) is 2. The van der Waals surface area contributed by atoms with Crippen LogP contribution in [0.5, 0.6) is 0 Å². The van der Waals surface area contributed by atoms with E-state index < -0.39 is 23.5 Å². The molecule has 39 heavy (non-hydrogen) atoms. The van der Waals surface area contributed by atoms with E-state index in [9.17, 15) is 18.4 Å². The number of pyridine rings is 1. The number of anilines is 3. The highest BCUT2D eigenvalue weighted by atomic mass is 19.3. The number of amides is 2. The number of hydrogen-bond acceptors (Lipinski definition) is 7. The van der Waals surface area contributed by atoms with Crippen LogP contribution in [0.1, 0.15) is 50.4 Å². The number of ether oxygens (including phenoxy) is 1. The van der Waals surface area contributed by atoms with E-state index in [0.29, 0.717) is 41.0 Å². The Morgan fingerprint density at radius 3 is 2.64 bits per heavy atom. The van der Waals surface area contributed by atoms with Gasteiger partial charge in [-0.3, -0.25) is 10.1 Å². The lowest BCUT2D eigenvalue weighted by Crippen LogP contribution is -2.29. The molecule has 1 aliphatic heterocycles. The Morgan fingerprint density at radius 1 is 1.05 bits per heavy atom. The molecule has 2 amide bonds. The molecule has 0 unspecified atom stereocenters. The van der Waals surface area contributed by atoms with Crippen LogP contribution in [-0.4, -0.2) is 46.8 Å². The number of aromatic nitrogens is 2. The minimum atomic E-state index is -2.74. The Labute approximate surface area is 223 Å². The van der Waals surface area contributed by atoms with Crippen LogP contribution in [0.4, 0.5) is 30.9 Å². The van der Waals surface area contributed by atoms with Gasteiger partial charge in [-0.1, -0.05) is 23.4 Å². The Balaban J connectivity index is 1.44. The Morgan fingerprint density at radius 2 is 1.85 bits per heavy atom. The van der Waals surface area contributed by atoms with Crippen molar-refractivity contribution in [3.63, 3.8) is 0 Å². The van der Waals surface area contributed by atoms with E-state index in [2.05, 4.69) is 15.8 Å². The number of carbonyl (C=O) groups is 2. The highest BCUT2D eigenvalue weighted by molar-refractivity contribution is 6.10. The van der Waals surface area contributed by atoms with Gasteiger partial charge in [0.2, 0.25) is 5.92 Å². The van der Waals surface area contributed by atoms with Crippen LogP contribution in [0.15, 0.2) is 53.1 Å². The molecule has 204 valence electrons. The summed E-state index contributed by atoms with van der Waals surface area (Å²) in [5.41, 5.74) is 1.07. The van der Waals surface area contributed by atoms with Crippen LogP contribution in [0, 0.1) is 0 Å². The molecule has 2 aromatic carbocycles. The van der Waals surface area contributed by atoms with E-state index in [1.807, 2.05) is 24.3 Å². The van der Waals surface area contributed by atoms with Gasteiger partial charge in [0.15, 0.2) is 11.4 Å². The van der Waals surface area contributed by atoms with Gasteiger partial charge in [-0.15, -0.1) is 0 Å². The summed E-state index contributed by atoms with van der Waals surface area (Å²) in [6.07, 6.45) is -0.904. The molecule has 5 rings (SSSR count). The second kappa shape index (κ2) is 10.1. The first-order valence-electron chi connectivity index (χ1n) is 12.7. The van der Waals surface area contributed by atoms with Crippen molar-refractivity contribution >= 4 is 51.2 Å². The fourth-order valence-corrected chi connectivity index (χ4v) is 4.49. The molecule has 0 bridgehead atoms.